The van der Waals surface area contributed by atoms with E-state index in [4.69, 9.17) is 34.8 Å². The van der Waals surface area contributed by atoms with E-state index >= 15 is 0 Å². The molecular weight excluding hydrogens is 437 g/mol. The molecule has 0 saturated carbocycles. The molecule has 19 heavy (non-hydrogen) atoms. The highest BCUT2D eigenvalue weighted by Gasteiger charge is 2.14. The first-order valence-corrected chi connectivity index (χ1v) is 8.15. The van der Waals surface area contributed by atoms with Gasteiger partial charge >= 0.3 is 0 Å². The van der Waals surface area contributed by atoms with Gasteiger partial charge in [-0.3, -0.25) is 0 Å². The number of nitrogens with zero attached hydrogens (tertiary/aromatic N) is 2. The van der Waals surface area contributed by atoms with E-state index < -0.39 is 0 Å². The van der Waals surface area contributed by atoms with Crippen molar-refractivity contribution in [2.24, 2.45) is 0 Å². The maximum Gasteiger partial charge on any atom is 0.163 e. The van der Waals surface area contributed by atoms with Crippen molar-refractivity contribution in [2.75, 3.05) is 0 Å². The molecule has 0 N–H and O–H groups in total. The Morgan fingerprint density at radius 1 is 1.05 bits per heavy atom. The second kappa shape index (κ2) is 5.33. The predicted molar refractivity (Wildman–Crippen MR) is 90.6 cm³/mol. The van der Waals surface area contributed by atoms with Gasteiger partial charge in [-0.05, 0) is 46.9 Å². The number of fused-ring (bicyclic) bond motifs is 1. The van der Waals surface area contributed by atoms with E-state index in [1.54, 1.807) is 6.07 Å². The van der Waals surface area contributed by atoms with Crippen LogP contribution in [0.4, 0.5) is 0 Å². The number of hydrogen-bond donors (Lipinski definition) is 0. The van der Waals surface area contributed by atoms with Gasteiger partial charge in [-0.15, -0.1) is 11.3 Å². The smallest absolute Gasteiger partial charge is 0.163 e. The van der Waals surface area contributed by atoms with E-state index in [2.05, 4.69) is 32.6 Å². The van der Waals surface area contributed by atoms with Crippen LogP contribution in [0.25, 0.3) is 22.3 Å². The number of rotatable bonds is 1. The number of hydrogen-bond acceptors (Lipinski definition) is 3. The summed E-state index contributed by atoms with van der Waals surface area (Å²) in [4.78, 5) is 8.79. The summed E-state index contributed by atoms with van der Waals surface area (Å²) >= 11 is 21.8. The minimum Gasteiger partial charge on any atom is -0.228 e. The lowest BCUT2D eigenvalue weighted by atomic mass is 10.2. The minimum absolute atomic E-state index is 0.414. The normalized spacial score (nSPS) is 11.2. The third-order valence-electron chi connectivity index (χ3n) is 2.51. The molecule has 0 spiro atoms. The van der Waals surface area contributed by atoms with E-state index in [0.717, 1.165) is 14.5 Å². The van der Waals surface area contributed by atoms with Crippen LogP contribution in [-0.4, -0.2) is 9.97 Å². The molecule has 0 aliphatic heterocycles. The second-order valence-electron chi connectivity index (χ2n) is 3.74. The van der Waals surface area contributed by atoms with Gasteiger partial charge in [-0.25, -0.2) is 9.97 Å². The summed E-state index contributed by atoms with van der Waals surface area (Å²) in [6, 6.07) is 7.58. The minimum atomic E-state index is 0.414. The average molecular weight is 442 g/mol. The Balaban J connectivity index is 2.26. The predicted octanol–water partition coefficient (Wildman–Crippen LogP) is 5.92. The Hall–Kier alpha value is -0.140. The molecule has 0 aliphatic rings. The average Bonchev–Trinajstić information content (AvgIpc) is 2.69. The van der Waals surface area contributed by atoms with Crippen LogP contribution < -0.4 is 0 Å². The van der Waals surface area contributed by atoms with Crippen molar-refractivity contribution in [3.63, 3.8) is 0 Å². The van der Waals surface area contributed by atoms with Gasteiger partial charge in [0, 0.05) is 8.96 Å². The molecule has 0 fully saturated rings. The zero-order valence-corrected chi connectivity index (χ0v) is 14.4. The van der Waals surface area contributed by atoms with E-state index in [-0.39, 0.29) is 0 Å². The van der Waals surface area contributed by atoms with Crippen molar-refractivity contribution in [1.82, 2.24) is 9.97 Å². The zero-order valence-electron chi connectivity index (χ0n) is 9.12. The highest BCUT2D eigenvalue weighted by molar-refractivity contribution is 14.1. The van der Waals surface area contributed by atoms with Crippen LogP contribution in [0.15, 0.2) is 24.3 Å². The summed E-state index contributed by atoms with van der Waals surface area (Å²) in [5, 5.41) is 1.24. The van der Waals surface area contributed by atoms with Crippen LogP contribution in [0.3, 0.4) is 0 Å². The van der Waals surface area contributed by atoms with Gasteiger partial charge in [-0.1, -0.05) is 34.8 Å². The van der Waals surface area contributed by atoms with Crippen LogP contribution >= 0.6 is 68.7 Å². The first-order chi connectivity index (χ1) is 9.04. The summed E-state index contributed by atoms with van der Waals surface area (Å²) in [5.41, 5.74) is 1.49. The number of thiophene rings is 1. The fraction of sp³-hybridized carbons (Fsp3) is 0. The van der Waals surface area contributed by atoms with E-state index in [9.17, 15) is 0 Å². The molecule has 1 aromatic carbocycles. The van der Waals surface area contributed by atoms with Crippen molar-refractivity contribution in [3.05, 3.63) is 41.7 Å². The van der Waals surface area contributed by atoms with Gasteiger partial charge in [0.2, 0.25) is 0 Å². The molecule has 0 unspecified atom stereocenters. The molecule has 0 amide bonds. The molecule has 7 heteroatoms. The molecule has 0 aliphatic carbocycles. The fourth-order valence-electron chi connectivity index (χ4n) is 1.68. The highest BCUT2D eigenvalue weighted by Crippen LogP contribution is 2.37. The maximum absolute atomic E-state index is 6.22. The topological polar surface area (TPSA) is 25.8 Å². The third kappa shape index (κ3) is 2.69. The summed E-state index contributed by atoms with van der Waals surface area (Å²) < 4.78 is 2.24. The Labute approximate surface area is 141 Å². The quantitative estimate of drug-likeness (QED) is 0.346. The molecule has 2 aromatic heterocycles. The number of halogens is 4. The molecule has 2 nitrogen and oxygen atoms in total. The van der Waals surface area contributed by atoms with Crippen LogP contribution in [0.5, 0.6) is 0 Å². The summed E-state index contributed by atoms with van der Waals surface area (Å²) in [5.74, 6) is 0.492. The van der Waals surface area contributed by atoms with E-state index in [1.807, 2.05) is 18.2 Å². The molecule has 3 rings (SSSR count). The van der Waals surface area contributed by atoms with Crippen LogP contribution in [-0.2, 0) is 0 Å². The van der Waals surface area contributed by atoms with Gasteiger partial charge in [0.15, 0.2) is 5.82 Å². The van der Waals surface area contributed by atoms with Crippen molar-refractivity contribution >= 4 is 79.6 Å². The summed E-state index contributed by atoms with van der Waals surface area (Å²) in [6.45, 7) is 0. The maximum atomic E-state index is 6.22. The molecule has 0 atom stereocenters. The fourth-order valence-corrected chi connectivity index (χ4v) is 3.85. The van der Waals surface area contributed by atoms with Crippen molar-refractivity contribution in [2.45, 2.75) is 0 Å². The lowest BCUT2D eigenvalue weighted by molar-refractivity contribution is 1.23. The zero-order chi connectivity index (χ0) is 13.6. The van der Waals surface area contributed by atoms with Gasteiger partial charge in [0.1, 0.15) is 9.49 Å². The van der Waals surface area contributed by atoms with Crippen LogP contribution in [0, 0.1) is 3.57 Å². The van der Waals surface area contributed by atoms with Gasteiger partial charge in [0.25, 0.3) is 0 Å². The molecule has 0 radical (unpaired) electrons. The Bertz CT molecular complexity index is 788. The van der Waals surface area contributed by atoms with Crippen LogP contribution in [0.2, 0.25) is 13.8 Å². The van der Waals surface area contributed by atoms with Crippen molar-refractivity contribution in [3.8, 4) is 11.4 Å². The van der Waals surface area contributed by atoms with Gasteiger partial charge < -0.3 is 0 Å². The Morgan fingerprint density at radius 2 is 1.84 bits per heavy atom. The monoisotopic (exact) mass is 440 g/mol. The molecular formula is C12H4Cl3IN2S. The highest BCUT2D eigenvalue weighted by atomic mass is 127. The van der Waals surface area contributed by atoms with E-state index in [1.165, 1.54) is 11.3 Å². The van der Waals surface area contributed by atoms with Crippen molar-refractivity contribution in [1.29, 1.82) is 0 Å². The largest absolute Gasteiger partial charge is 0.228 e. The molecule has 0 saturated heterocycles. The Kier molecular flexibility index (Phi) is 3.88. The lowest BCUT2D eigenvalue weighted by Gasteiger charge is -2.04. The van der Waals surface area contributed by atoms with Gasteiger partial charge in [-0.2, -0.15) is 0 Å². The Morgan fingerprint density at radius 3 is 2.53 bits per heavy atom. The molecule has 2 heterocycles. The molecule has 0 bridgehead atoms. The molecule has 3 aromatic rings. The first kappa shape index (κ1) is 13.8. The van der Waals surface area contributed by atoms with E-state index in [0.29, 0.717) is 25.2 Å². The third-order valence-corrected chi connectivity index (χ3v) is 4.96. The number of aromatic nitrogens is 2. The number of benzene rings is 1. The van der Waals surface area contributed by atoms with Crippen molar-refractivity contribution < 1.29 is 0 Å². The van der Waals surface area contributed by atoms with Crippen LogP contribution in [0.1, 0.15) is 0 Å². The second-order valence-corrected chi connectivity index (χ2v) is 7.63. The summed E-state index contributed by atoms with van der Waals surface area (Å²) in [7, 11) is 0. The first-order valence-electron chi connectivity index (χ1n) is 5.12. The summed E-state index contributed by atoms with van der Waals surface area (Å²) in [6.07, 6.45) is 0. The lowest BCUT2D eigenvalue weighted by Crippen LogP contribution is -1.91. The molecule has 96 valence electrons. The standard InChI is InChI=1S/C12H4Cl3IN2S/c13-9-4-7(11(15)19-9)12-17-8-2-1-5(16)3-6(8)10(14)18-12/h1-4H. The SMILES string of the molecule is Clc1cc(-c2nc(Cl)c3cc(I)ccc3n2)c(Cl)s1. The van der Waals surface area contributed by atoms with Gasteiger partial charge in [0.05, 0.1) is 15.4 Å².